The van der Waals surface area contributed by atoms with Gasteiger partial charge in [0.05, 0.1) is 23.1 Å². The molecule has 0 fully saturated rings. The van der Waals surface area contributed by atoms with E-state index in [1.54, 1.807) is 6.07 Å². The third-order valence-electron chi connectivity index (χ3n) is 3.67. The van der Waals surface area contributed by atoms with Crippen LogP contribution in [-0.2, 0) is 6.42 Å². The molecule has 0 atom stereocenters. The predicted molar refractivity (Wildman–Crippen MR) is 101 cm³/mol. The summed E-state index contributed by atoms with van der Waals surface area (Å²) < 4.78 is 0. The quantitative estimate of drug-likeness (QED) is 0.699. The van der Waals surface area contributed by atoms with Crippen LogP contribution in [0.15, 0.2) is 60.9 Å². The summed E-state index contributed by atoms with van der Waals surface area (Å²) in [6.07, 6.45) is 3.77. The third-order valence-corrected chi connectivity index (χ3v) is 4.00. The molecule has 1 aromatic heterocycles. The van der Waals surface area contributed by atoms with E-state index < -0.39 is 0 Å². The smallest absolute Gasteiger partial charge is 0.275 e. The summed E-state index contributed by atoms with van der Waals surface area (Å²) in [5.74, 6) is 0.219. The summed E-state index contributed by atoms with van der Waals surface area (Å²) in [6.45, 7) is 2.04. The summed E-state index contributed by atoms with van der Waals surface area (Å²) in [4.78, 5) is 20.8. The van der Waals surface area contributed by atoms with E-state index in [0.717, 1.165) is 23.4 Å². The van der Waals surface area contributed by atoms with Crippen molar-refractivity contribution in [3.8, 4) is 0 Å². The van der Waals surface area contributed by atoms with Crippen molar-refractivity contribution in [2.45, 2.75) is 13.3 Å². The third kappa shape index (κ3) is 4.14. The van der Waals surface area contributed by atoms with Crippen molar-refractivity contribution >= 4 is 34.7 Å². The Morgan fingerprint density at radius 1 is 1.00 bits per heavy atom. The normalized spacial score (nSPS) is 10.3. The Bertz CT molecular complexity index is 881. The van der Waals surface area contributed by atoms with Gasteiger partial charge in [0.15, 0.2) is 0 Å². The first kappa shape index (κ1) is 16.9. The Labute approximate surface area is 151 Å². The van der Waals surface area contributed by atoms with Gasteiger partial charge in [-0.1, -0.05) is 48.9 Å². The van der Waals surface area contributed by atoms with Gasteiger partial charge in [0.1, 0.15) is 11.5 Å². The fourth-order valence-corrected chi connectivity index (χ4v) is 2.53. The molecule has 0 spiro atoms. The molecular formula is C19H17ClN4O. The Balaban J connectivity index is 1.71. The predicted octanol–water partition coefficient (Wildman–Crippen LogP) is 4.69. The average molecular weight is 353 g/mol. The number of anilines is 3. The van der Waals surface area contributed by atoms with Crippen molar-refractivity contribution in [1.82, 2.24) is 9.97 Å². The highest BCUT2D eigenvalue weighted by Gasteiger charge is 2.10. The molecule has 0 aliphatic carbocycles. The number of carbonyl (C=O) groups excluding carboxylic acids is 1. The molecule has 2 aromatic carbocycles. The molecule has 5 nitrogen and oxygen atoms in total. The Kier molecular flexibility index (Phi) is 5.26. The van der Waals surface area contributed by atoms with E-state index in [1.165, 1.54) is 12.4 Å². The first-order valence-corrected chi connectivity index (χ1v) is 8.28. The lowest BCUT2D eigenvalue weighted by atomic mass is 10.1. The maximum absolute atomic E-state index is 12.4. The van der Waals surface area contributed by atoms with E-state index in [4.69, 9.17) is 11.6 Å². The van der Waals surface area contributed by atoms with Gasteiger partial charge in [0.25, 0.3) is 5.91 Å². The first-order valence-electron chi connectivity index (χ1n) is 7.90. The number of amides is 1. The minimum atomic E-state index is -0.294. The van der Waals surface area contributed by atoms with E-state index in [2.05, 4.69) is 20.6 Å². The zero-order valence-corrected chi connectivity index (χ0v) is 14.4. The van der Waals surface area contributed by atoms with Crippen LogP contribution in [0.4, 0.5) is 17.2 Å². The van der Waals surface area contributed by atoms with Crippen LogP contribution in [0.3, 0.4) is 0 Å². The highest BCUT2D eigenvalue weighted by Crippen LogP contribution is 2.23. The highest BCUT2D eigenvalue weighted by molar-refractivity contribution is 6.33. The number of nitrogens with one attached hydrogen (secondary N) is 2. The van der Waals surface area contributed by atoms with Gasteiger partial charge in [-0.05, 0) is 30.2 Å². The number of halogens is 1. The van der Waals surface area contributed by atoms with Crippen LogP contribution in [-0.4, -0.2) is 15.9 Å². The molecule has 0 saturated carbocycles. The number of rotatable bonds is 5. The summed E-state index contributed by atoms with van der Waals surface area (Å²) in [5, 5.41) is 6.53. The molecule has 0 bridgehead atoms. The molecule has 0 unspecified atom stereocenters. The van der Waals surface area contributed by atoms with Crippen LogP contribution in [0.5, 0.6) is 0 Å². The fraction of sp³-hybridized carbons (Fsp3) is 0.105. The molecule has 2 N–H and O–H groups in total. The number of benzene rings is 2. The summed E-state index contributed by atoms with van der Waals surface area (Å²) >= 11 is 6.10. The van der Waals surface area contributed by atoms with Crippen molar-refractivity contribution in [3.63, 3.8) is 0 Å². The molecule has 3 aromatic rings. The van der Waals surface area contributed by atoms with E-state index in [-0.39, 0.29) is 11.6 Å². The van der Waals surface area contributed by atoms with E-state index >= 15 is 0 Å². The van der Waals surface area contributed by atoms with Crippen molar-refractivity contribution in [2.75, 3.05) is 10.6 Å². The zero-order chi connectivity index (χ0) is 17.6. The molecule has 3 rings (SSSR count). The van der Waals surface area contributed by atoms with Crippen LogP contribution in [0, 0.1) is 0 Å². The van der Waals surface area contributed by atoms with Crippen LogP contribution in [0.1, 0.15) is 23.0 Å². The van der Waals surface area contributed by atoms with Gasteiger partial charge >= 0.3 is 0 Å². The van der Waals surface area contributed by atoms with Crippen molar-refractivity contribution in [2.24, 2.45) is 0 Å². The molecule has 25 heavy (non-hydrogen) atoms. The summed E-state index contributed by atoms with van der Waals surface area (Å²) in [6, 6.07) is 15.0. The van der Waals surface area contributed by atoms with Crippen LogP contribution >= 0.6 is 11.6 Å². The number of hydrogen-bond donors (Lipinski definition) is 2. The molecule has 1 amide bonds. The largest absolute Gasteiger partial charge is 0.338 e. The van der Waals surface area contributed by atoms with Crippen LogP contribution < -0.4 is 10.6 Å². The van der Waals surface area contributed by atoms with Crippen LogP contribution in [0.25, 0.3) is 0 Å². The van der Waals surface area contributed by atoms with Gasteiger partial charge < -0.3 is 10.6 Å². The number of para-hydroxylation sites is 2. The number of hydrogen-bond acceptors (Lipinski definition) is 4. The van der Waals surface area contributed by atoms with Gasteiger partial charge in [0, 0.05) is 5.69 Å². The lowest BCUT2D eigenvalue weighted by molar-refractivity contribution is 0.102. The van der Waals surface area contributed by atoms with Crippen molar-refractivity contribution < 1.29 is 4.79 Å². The fourth-order valence-electron chi connectivity index (χ4n) is 2.35. The van der Waals surface area contributed by atoms with Gasteiger partial charge in [-0.25, -0.2) is 9.97 Å². The molecule has 0 aliphatic rings. The van der Waals surface area contributed by atoms with Crippen LogP contribution in [0.2, 0.25) is 5.02 Å². The van der Waals surface area contributed by atoms with E-state index in [0.29, 0.717) is 10.8 Å². The van der Waals surface area contributed by atoms with E-state index in [9.17, 15) is 4.79 Å². The number of aryl methyl sites for hydroxylation is 1. The Morgan fingerprint density at radius 2 is 1.72 bits per heavy atom. The maximum atomic E-state index is 12.4. The zero-order valence-electron chi connectivity index (χ0n) is 13.7. The minimum absolute atomic E-state index is 0.246. The second-order valence-corrected chi connectivity index (χ2v) is 5.76. The molecule has 1 heterocycles. The topological polar surface area (TPSA) is 66.9 Å². The highest BCUT2D eigenvalue weighted by atomic mass is 35.5. The molecule has 0 aliphatic heterocycles. The van der Waals surface area contributed by atoms with Gasteiger partial charge in [-0.3, -0.25) is 4.79 Å². The van der Waals surface area contributed by atoms with E-state index in [1.807, 2.05) is 49.4 Å². The average Bonchev–Trinajstić information content (AvgIpc) is 2.64. The number of carbonyl (C=O) groups is 1. The number of nitrogens with zero attached hydrogens (tertiary/aromatic N) is 2. The van der Waals surface area contributed by atoms with Crippen molar-refractivity contribution in [1.29, 1.82) is 0 Å². The monoisotopic (exact) mass is 352 g/mol. The molecule has 0 saturated heterocycles. The Hall–Kier alpha value is -2.92. The van der Waals surface area contributed by atoms with Crippen molar-refractivity contribution in [3.05, 3.63) is 77.2 Å². The lowest BCUT2D eigenvalue weighted by Gasteiger charge is -2.10. The lowest BCUT2D eigenvalue weighted by Crippen LogP contribution is -2.15. The van der Waals surface area contributed by atoms with Gasteiger partial charge in [-0.2, -0.15) is 0 Å². The minimum Gasteiger partial charge on any atom is -0.338 e. The second kappa shape index (κ2) is 7.77. The summed E-state index contributed by atoms with van der Waals surface area (Å²) in [7, 11) is 0. The van der Waals surface area contributed by atoms with Gasteiger partial charge in [0.2, 0.25) is 0 Å². The molecule has 126 valence electrons. The van der Waals surface area contributed by atoms with Gasteiger partial charge in [-0.15, -0.1) is 0 Å². The first-order chi connectivity index (χ1) is 12.2. The SMILES string of the molecule is CCc1ccccc1NC(=O)c1cnc(Nc2ccccc2Cl)cn1. The second-order valence-electron chi connectivity index (χ2n) is 5.36. The number of aromatic nitrogens is 2. The standard InChI is InChI=1S/C19H17ClN4O/c1-2-13-7-3-5-9-15(13)24-19(25)17-11-22-18(12-21-17)23-16-10-6-4-8-14(16)20/h3-12H,2H2,1H3,(H,22,23)(H,24,25). The molecule has 0 radical (unpaired) electrons. The molecule has 6 heteroatoms. The maximum Gasteiger partial charge on any atom is 0.275 e. The Morgan fingerprint density at radius 3 is 2.40 bits per heavy atom. The summed E-state index contributed by atoms with van der Waals surface area (Å²) in [5.41, 5.74) is 2.83. The molecular weight excluding hydrogens is 336 g/mol.